The van der Waals surface area contributed by atoms with Crippen molar-refractivity contribution in [3.63, 3.8) is 0 Å². The molecule has 0 bridgehead atoms. The molecule has 7 heteroatoms. The molecule has 0 radical (unpaired) electrons. The molecule has 0 fully saturated rings. The van der Waals surface area contributed by atoms with Crippen LogP contribution >= 0.6 is 0 Å². The molecule has 0 saturated carbocycles. The quantitative estimate of drug-likeness (QED) is 0.811. The summed E-state index contributed by atoms with van der Waals surface area (Å²) in [7, 11) is 0. The van der Waals surface area contributed by atoms with Gasteiger partial charge in [-0.2, -0.15) is 13.2 Å². The number of carbonyl (C=O) groups is 2. The Morgan fingerprint density at radius 2 is 1.74 bits per heavy atom. The summed E-state index contributed by atoms with van der Waals surface area (Å²) in [6.07, 6.45) is -4.54. The Labute approximate surface area is 155 Å². The topological polar surface area (TPSA) is 72.2 Å². The van der Waals surface area contributed by atoms with Crippen LogP contribution in [0.15, 0.2) is 42.5 Å². The maximum Gasteiger partial charge on any atom is 0.416 e. The summed E-state index contributed by atoms with van der Waals surface area (Å²) >= 11 is 0. The van der Waals surface area contributed by atoms with E-state index in [1.807, 2.05) is 32.0 Å². The number of nitrogens with two attached hydrogens (primary N) is 1. The third kappa shape index (κ3) is 5.84. The number of hydrogen-bond acceptors (Lipinski definition) is 2. The van der Waals surface area contributed by atoms with Gasteiger partial charge < -0.3 is 11.1 Å². The van der Waals surface area contributed by atoms with Gasteiger partial charge in [-0.25, -0.2) is 0 Å². The van der Waals surface area contributed by atoms with Crippen molar-refractivity contribution in [3.05, 3.63) is 70.3 Å². The van der Waals surface area contributed by atoms with Gasteiger partial charge in [-0.1, -0.05) is 36.4 Å². The molecule has 4 nitrogen and oxygen atoms in total. The molecule has 0 unspecified atom stereocenters. The standard InChI is InChI=1S/C20H21F3N2O2/c1-12-6-7-15(8-13(12)2)10-17(19(24)27)25-18(26)11-14-4-3-5-16(9-14)20(21,22)23/h3-9,17H,10-11H2,1-2H3,(H2,24,27)(H,25,26)/t17-/m1/s1. The van der Waals surface area contributed by atoms with Crippen LogP contribution in [0.3, 0.4) is 0 Å². The number of rotatable bonds is 6. The third-order valence-corrected chi connectivity index (χ3v) is 4.31. The number of carbonyl (C=O) groups excluding carboxylic acids is 2. The summed E-state index contributed by atoms with van der Waals surface area (Å²) in [5.74, 6) is -1.27. The smallest absolute Gasteiger partial charge is 0.368 e. The van der Waals surface area contributed by atoms with Gasteiger partial charge >= 0.3 is 6.18 Å². The molecule has 0 aliphatic heterocycles. The molecule has 3 N–H and O–H groups in total. The predicted octanol–water partition coefficient (Wildman–Crippen LogP) is 3.08. The lowest BCUT2D eigenvalue weighted by Crippen LogP contribution is -2.46. The summed E-state index contributed by atoms with van der Waals surface area (Å²) in [5, 5.41) is 2.51. The van der Waals surface area contributed by atoms with E-state index in [9.17, 15) is 22.8 Å². The zero-order valence-electron chi connectivity index (χ0n) is 15.1. The molecule has 1 atom stereocenters. The number of halogens is 3. The molecule has 2 amide bonds. The number of hydrogen-bond donors (Lipinski definition) is 2. The van der Waals surface area contributed by atoms with Crippen LogP contribution < -0.4 is 11.1 Å². The summed E-state index contributed by atoms with van der Waals surface area (Å²) in [5.41, 5.74) is 7.74. The van der Waals surface area contributed by atoms with Crippen molar-refractivity contribution in [2.75, 3.05) is 0 Å². The maximum atomic E-state index is 12.8. The van der Waals surface area contributed by atoms with Gasteiger partial charge in [-0.3, -0.25) is 9.59 Å². The van der Waals surface area contributed by atoms with Gasteiger partial charge in [-0.15, -0.1) is 0 Å². The zero-order valence-corrected chi connectivity index (χ0v) is 15.1. The highest BCUT2D eigenvalue weighted by atomic mass is 19.4. The molecule has 27 heavy (non-hydrogen) atoms. The third-order valence-electron chi connectivity index (χ3n) is 4.31. The predicted molar refractivity (Wildman–Crippen MR) is 95.9 cm³/mol. The normalized spacial score (nSPS) is 12.5. The van der Waals surface area contributed by atoms with Crippen molar-refractivity contribution in [1.29, 1.82) is 0 Å². The summed E-state index contributed by atoms with van der Waals surface area (Å²) in [6, 6.07) is 9.25. The summed E-state index contributed by atoms with van der Waals surface area (Å²) in [4.78, 5) is 23.9. The van der Waals surface area contributed by atoms with Crippen LogP contribution in [0.5, 0.6) is 0 Å². The molecule has 2 aromatic rings. The van der Waals surface area contributed by atoms with Crippen molar-refractivity contribution < 1.29 is 22.8 Å². The number of primary amides is 1. The van der Waals surface area contributed by atoms with Gasteiger partial charge in [0.25, 0.3) is 0 Å². The van der Waals surface area contributed by atoms with Crippen molar-refractivity contribution in [3.8, 4) is 0 Å². The molecule has 0 aliphatic carbocycles. The highest BCUT2D eigenvalue weighted by molar-refractivity contribution is 5.87. The van der Waals surface area contributed by atoms with Crippen molar-refractivity contribution in [1.82, 2.24) is 5.32 Å². The van der Waals surface area contributed by atoms with Crippen LogP contribution in [0.1, 0.15) is 27.8 Å². The average molecular weight is 378 g/mol. The molecular formula is C20H21F3N2O2. The minimum atomic E-state index is -4.48. The largest absolute Gasteiger partial charge is 0.416 e. The molecule has 0 aromatic heterocycles. The van der Waals surface area contributed by atoms with Crippen LogP contribution in [0.25, 0.3) is 0 Å². The van der Waals surface area contributed by atoms with E-state index in [0.29, 0.717) is 0 Å². The highest BCUT2D eigenvalue weighted by Gasteiger charge is 2.30. The van der Waals surface area contributed by atoms with Crippen LogP contribution in [0.4, 0.5) is 13.2 Å². The molecule has 2 rings (SSSR count). The first-order valence-corrected chi connectivity index (χ1v) is 8.37. The fourth-order valence-corrected chi connectivity index (χ4v) is 2.68. The molecule has 0 aliphatic rings. The number of aryl methyl sites for hydroxylation is 2. The van der Waals surface area contributed by atoms with E-state index in [0.717, 1.165) is 28.8 Å². The minimum absolute atomic E-state index is 0.205. The van der Waals surface area contributed by atoms with E-state index in [2.05, 4.69) is 5.32 Å². The van der Waals surface area contributed by atoms with Gasteiger partial charge in [0.1, 0.15) is 6.04 Å². The van der Waals surface area contributed by atoms with E-state index < -0.39 is 29.6 Å². The first-order valence-electron chi connectivity index (χ1n) is 8.37. The van der Waals surface area contributed by atoms with Crippen LogP contribution in [0, 0.1) is 13.8 Å². The van der Waals surface area contributed by atoms with E-state index in [-0.39, 0.29) is 18.4 Å². The Kier molecular flexibility index (Phi) is 6.25. The Morgan fingerprint density at radius 1 is 1.04 bits per heavy atom. The number of benzene rings is 2. The number of nitrogens with one attached hydrogen (secondary N) is 1. The Hall–Kier alpha value is -2.83. The van der Waals surface area contributed by atoms with Crippen molar-refractivity contribution >= 4 is 11.8 Å². The molecular weight excluding hydrogens is 357 g/mol. The van der Waals surface area contributed by atoms with E-state index in [4.69, 9.17) is 5.73 Å². The first kappa shape index (κ1) is 20.5. The Morgan fingerprint density at radius 3 is 2.33 bits per heavy atom. The van der Waals surface area contributed by atoms with Crippen LogP contribution in [-0.4, -0.2) is 17.9 Å². The second kappa shape index (κ2) is 8.24. The van der Waals surface area contributed by atoms with E-state index >= 15 is 0 Å². The van der Waals surface area contributed by atoms with Gasteiger partial charge in [-0.05, 0) is 42.2 Å². The lowest BCUT2D eigenvalue weighted by atomic mass is 10.00. The number of amides is 2. The lowest BCUT2D eigenvalue weighted by Gasteiger charge is -2.17. The van der Waals surface area contributed by atoms with Crippen molar-refractivity contribution in [2.24, 2.45) is 5.73 Å². The monoisotopic (exact) mass is 378 g/mol. The highest BCUT2D eigenvalue weighted by Crippen LogP contribution is 2.29. The van der Waals surface area contributed by atoms with Gasteiger partial charge in [0, 0.05) is 6.42 Å². The zero-order chi connectivity index (χ0) is 20.2. The SMILES string of the molecule is Cc1ccc(C[C@@H](NC(=O)Cc2cccc(C(F)(F)F)c2)C(N)=O)cc1C. The first-order chi connectivity index (χ1) is 12.6. The van der Waals surface area contributed by atoms with Crippen LogP contribution in [-0.2, 0) is 28.6 Å². The summed E-state index contributed by atoms with van der Waals surface area (Å²) < 4.78 is 38.3. The number of alkyl halides is 3. The van der Waals surface area contributed by atoms with E-state index in [1.165, 1.54) is 12.1 Å². The van der Waals surface area contributed by atoms with Crippen LogP contribution in [0.2, 0.25) is 0 Å². The second-order valence-electron chi connectivity index (χ2n) is 6.52. The molecule has 0 spiro atoms. The second-order valence-corrected chi connectivity index (χ2v) is 6.52. The van der Waals surface area contributed by atoms with Gasteiger partial charge in [0.2, 0.25) is 11.8 Å². The molecule has 144 valence electrons. The maximum absolute atomic E-state index is 12.8. The Bertz CT molecular complexity index is 847. The molecule has 2 aromatic carbocycles. The molecule has 0 saturated heterocycles. The Balaban J connectivity index is 2.07. The van der Waals surface area contributed by atoms with Gasteiger partial charge in [0.05, 0.1) is 12.0 Å². The van der Waals surface area contributed by atoms with Gasteiger partial charge in [0.15, 0.2) is 0 Å². The average Bonchev–Trinajstić information content (AvgIpc) is 2.57. The van der Waals surface area contributed by atoms with Crippen molar-refractivity contribution in [2.45, 2.75) is 38.9 Å². The minimum Gasteiger partial charge on any atom is -0.368 e. The summed E-state index contributed by atoms with van der Waals surface area (Å²) in [6.45, 7) is 3.89. The fraction of sp³-hybridized carbons (Fsp3) is 0.300. The lowest BCUT2D eigenvalue weighted by molar-refractivity contribution is -0.137. The molecule has 0 heterocycles. The fourth-order valence-electron chi connectivity index (χ4n) is 2.68. The van der Waals surface area contributed by atoms with E-state index in [1.54, 1.807) is 0 Å².